The summed E-state index contributed by atoms with van der Waals surface area (Å²) in [6, 6.07) is 20.5. The minimum Gasteiger partial charge on any atom is -0.350 e. The van der Waals surface area contributed by atoms with Gasteiger partial charge in [-0.2, -0.15) is 0 Å². The first kappa shape index (κ1) is 25.5. The van der Waals surface area contributed by atoms with Crippen LogP contribution in [0.25, 0.3) is 0 Å². The van der Waals surface area contributed by atoms with Crippen LogP contribution in [0.4, 0.5) is 5.69 Å². The zero-order chi connectivity index (χ0) is 24.8. The second-order valence-electron chi connectivity index (χ2n) is 8.50. The summed E-state index contributed by atoms with van der Waals surface area (Å²) in [7, 11) is -4.04. The summed E-state index contributed by atoms with van der Waals surface area (Å²) in [5.74, 6) is -0.448. The molecule has 0 unspecified atom stereocenters. The van der Waals surface area contributed by atoms with Crippen molar-refractivity contribution in [3.8, 4) is 0 Å². The van der Waals surface area contributed by atoms with E-state index in [4.69, 9.17) is 23.2 Å². The lowest BCUT2D eigenvalue weighted by Gasteiger charge is -2.25. The van der Waals surface area contributed by atoms with Gasteiger partial charge in [-0.1, -0.05) is 65.7 Å². The topological polar surface area (TPSA) is 69.7 Å². The van der Waals surface area contributed by atoms with Gasteiger partial charge >= 0.3 is 0 Å². The molecule has 1 fully saturated rings. The number of hydrogen-bond donors (Lipinski definition) is 1. The molecule has 0 bridgehead atoms. The Labute approximate surface area is 216 Å². The van der Waals surface area contributed by atoms with Gasteiger partial charge in [-0.3, -0.25) is 14.0 Å². The summed E-state index contributed by atoms with van der Waals surface area (Å²) in [5, 5.41) is 3.33. The Morgan fingerprint density at radius 2 is 1.57 bits per heavy atom. The molecule has 0 aromatic heterocycles. The molecule has 1 heterocycles. The fourth-order valence-corrected chi connectivity index (χ4v) is 6.07. The molecular formula is C26H27Cl2N3O3S. The number of rotatable bonds is 9. The average Bonchev–Trinajstić information content (AvgIpc) is 3.36. The van der Waals surface area contributed by atoms with E-state index in [1.807, 2.05) is 12.1 Å². The van der Waals surface area contributed by atoms with E-state index < -0.39 is 22.5 Å². The molecule has 35 heavy (non-hydrogen) atoms. The molecule has 3 aromatic rings. The third kappa shape index (κ3) is 6.55. The summed E-state index contributed by atoms with van der Waals surface area (Å²) in [6.45, 7) is 3.07. The van der Waals surface area contributed by atoms with E-state index in [1.165, 1.54) is 48.7 Å². The summed E-state index contributed by atoms with van der Waals surface area (Å²) < 4.78 is 27.8. The van der Waals surface area contributed by atoms with Crippen LogP contribution in [0.1, 0.15) is 24.0 Å². The van der Waals surface area contributed by atoms with Crippen molar-refractivity contribution >= 4 is 44.8 Å². The first-order valence-electron chi connectivity index (χ1n) is 11.4. The Bertz CT molecular complexity index is 1260. The number of benzene rings is 3. The zero-order valence-corrected chi connectivity index (χ0v) is 21.5. The van der Waals surface area contributed by atoms with Crippen molar-refractivity contribution in [2.45, 2.75) is 30.8 Å². The van der Waals surface area contributed by atoms with Crippen LogP contribution in [-0.2, 0) is 27.9 Å². The third-order valence-corrected chi connectivity index (χ3v) is 8.23. The molecule has 4 rings (SSSR count). The quantitative estimate of drug-likeness (QED) is 0.417. The Morgan fingerprint density at radius 3 is 2.23 bits per heavy atom. The molecule has 9 heteroatoms. The second-order valence-corrected chi connectivity index (χ2v) is 11.2. The minimum absolute atomic E-state index is 0.0624. The van der Waals surface area contributed by atoms with E-state index in [-0.39, 0.29) is 22.2 Å². The maximum absolute atomic E-state index is 13.4. The van der Waals surface area contributed by atoms with E-state index in [0.29, 0.717) is 5.02 Å². The SMILES string of the molecule is O=C(CN(c1ccc(Cl)cc1Cl)S(=O)(=O)c1ccccc1)NCc1ccc(CN2CCCC2)cc1. The standard InChI is InChI=1S/C26H27Cl2N3O3S/c27-22-12-13-25(24(28)16-22)31(35(33,34)23-6-2-1-3-7-23)19-26(32)29-17-20-8-10-21(11-9-20)18-30-14-4-5-15-30/h1-3,6-13,16H,4-5,14-15,17-19H2,(H,29,32). The van der Waals surface area contributed by atoms with Crippen LogP contribution in [-0.4, -0.2) is 38.9 Å². The first-order chi connectivity index (χ1) is 16.8. The molecule has 1 N–H and O–H groups in total. The molecule has 1 amide bonds. The molecule has 0 spiro atoms. The number of amides is 1. The molecule has 1 saturated heterocycles. The Kier molecular flexibility index (Phi) is 8.34. The predicted octanol–water partition coefficient (Wildman–Crippen LogP) is 5.10. The van der Waals surface area contributed by atoms with Gasteiger partial charge in [0.15, 0.2) is 0 Å². The first-order valence-corrected chi connectivity index (χ1v) is 13.6. The summed E-state index contributed by atoms with van der Waals surface area (Å²) in [4.78, 5) is 15.4. The Balaban J connectivity index is 1.46. The van der Waals surface area contributed by atoms with Crippen molar-refractivity contribution in [3.63, 3.8) is 0 Å². The third-order valence-electron chi connectivity index (χ3n) is 5.91. The maximum atomic E-state index is 13.4. The fourth-order valence-electron chi connectivity index (χ4n) is 4.05. The molecule has 1 aliphatic rings. The van der Waals surface area contributed by atoms with Gasteiger partial charge in [0.25, 0.3) is 10.0 Å². The lowest BCUT2D eigenvalue weighted by molar-refractivity contribution is -0.119. The van der Waals surface area contributed by atoms with Crippen LogP contribution in [0.5, 0.6) is 0 Å². The number of likely N-dealkylation sites (tertiary alicyclic amines) is 1. The monoisotopic (exact) mass is 531 g/mol. The van der Waals surface area contributed by atoms with Crippen molar-refractivity contribution in [3.05, 3.63) is 94.0 Å². The predicted molar refractivity (Wildman–Crippen MR) is 140 cm³/mol. The lowest BCUT2D eigenvalue weighted by atomic mass is 10.1. The van der Waals surface area contributed by atoms with E-state index in [0.717, 1.165) is 29.5 Å². The number of carbonyl (C=O) groups is 1. The van der Waals surface area contributed by atoms with Crippen molar-refractivity contribution < 1.29 is 13.2 Å². The maximum Gasteiger partial charge on any atom is 0.264 e. The van der Waals surface area contributed by atoms with Crippen molar-refractivity contribution in [1.29, 1.82) is 0 Å². The van der Waals surface area contributed by atoms with E-state index in [2.05, 4.69) is 22.3 Å². The minimum atomic E-state index is -4.04. The van der Waals surface area contributed by atoms with Crippen LogP contribution in [0.2, 0.25) is 10.0 Å². The molecule has 1 aliphatic heterocycles. The van der Waals surface area contributed by atoms with Gasteiger partial charge in [-0.25, -0.2) is 8.42 Å². The average molecular weight is 532 g/mol. The van der Waals surface area contributed by atoms with Gasteiger partial charge < -0.3 is 5.32 Å². The number of sulfonamides is 1. The van der Waals surface area contributed by atoms with Crippen LogP contribution in [0.3, 0.4) is 0 Å². The molecule has 3 aromatic carbocycles. The molecular weight excluding hydrogens is 505 g/mol. The Hall–Kier alpha value is -2.58. The van der Waals surface area contributed by atoms with E-state index >= 15 is 0 Å². The zero-order valence-electron chi connectivity index (χ0n) is 19.2. The van der Waals surface area contributed by atoms with Gasteiger partial charge in [0, 0.05) is 18.1 Å². The molecule has 6 nitrogen and oxygen atoms in total. The highest BCUT2D eigenvalue weighted by Gasteiger charge is 2.28. The summed E-state index contributed by atoms with van der Waals surface area (Å²) >= 11 is 12.3. The largest absolute Gasteiger partial charge is 0.350 e. The normalized spacial score (nSPS) is 14.1. The summed E-state index contributed by atoms with van der Waals surface area (Å²) in [6.07, 6.45) is 2.50. The van der Waals surface area contributed by atoms with E-state index in [1.54, 1.807) is 18.2 Å². The highest BCUT2D eigenvalue weighted by atomic mass is 35.5. The van der Waals surface area contributed by atoms with Gasteiger partial charge in [-0.05, 0) is 67.4 Å². The molecule has 0 aliphatic carbocycles. The number of nitrogens with zero attached hydrogens (tertiary/aromatic N) is 2. The Morgan fingerprint density at radius 1 is 0.914 bits per heavy atom. The van der Waals surface area contributed by atoms with Crippen LogP contribution >= 0.6 is 23.2 Å². The second kappa shape index (κ2) is 11.4. The smallest absolute Gasteiger partial charge is 0.264 e. The number of anilines is 1. The fraction of sp³-hybridized carbons (Fsp3) is 0.269. The van der Waals surface area contributed by atoms with Crippen molar-refractivity contribution in [2.24, 2.45) is 0 Å². The van der Waals surface area contributed by atoms with Gasteiger partial charge in [-0.15, -0.1) is 0 Å². The summed E-state index contributed by atoms with van der Waals surface area (Å²) in [5.41, 5.74) is 2.35. The highest BCUT2D eigenvalue weighted by Crippen LogP contribution is 2.32. The highest BCUT2D eigenvalue weighted by molar-refractivity contribution is 7.92. The van der Waals surface area contributed by atoms with Gasteiger partial charge in [0.05, 0.1) is 15.6 Å². The van der Waals surface area contributed by atoms with Crippen LogP contribution < -0.4 is 9.62 Å². The van der Waals surface area contributed by atoms with E-state index in [9.17, 15) is 13.2 Å². The van der Waals surface area contributed by atoms with Crippen LogP contribution in [0.15, 0.2) is 77.7 Å². The van der Waals surface area contributed by atoms with Crippen molar-refractivity contribution in [1.82, 2.24) is 10.2 Å². The van der Waals surface area contributed by atoms with Crippen molar-refractivity contribution in [2.75, 3.05) is 23.9 Å². The van der Waals surface area contributed by atoms with Gasteiger partial charge in [0.2, 0.25) is 5.91 Å². The van der Waals surface area contributed by atoms with Gasteiger partial charge in [0.1, 0.15) is 6.54 Å². The number of hydrogen-bond acceptors (Lipinski definition) is 4. The molecule has 0 radical (unpaired) electrons. The molecule has 184 valence electrons. The lowest BCUT2D eigenvalue weighted by Crippen LogP contribution is -2.40. The number of halogens is 2. The molecule has 0 saturated carbocycles. The molecule has 0 atom stereocenters. The number of carbonyl (C=O) groups excluding carboxylic acids is 1. The van der Waals surface area contributed by atoms with Crippen LogP contribution in [0, 0.1) is 0 Å². The number of nitrogens with one attached hydrogen (secondary N) is 1.